The van der Waals surface area contributed by atoms with Crippen molar-refractivity contribution in [3.63, 3.8) is 0 Å². The Morgan fingerprint density at radius 3 is 2.15 bits per heavy atom. The summed E-state index contributed by atoms with van der Waals surface area (Å²) in [6.07, 6.45) is 1.26. The minimum absolute atomic E-state index is 0.0656. The fraction of sp³-hybridized carbons (Fsp3) is 0.481. The van der Waals surface area contributed by atoms with Gasteiger partial charge in [0.05, 0.1) is 6.10 Å². The fourth-order valence-electron chi connectivity index (χ4n) is 4.36. The summed E-state index contributed by atoms with van der Waals surface area (Å²) >= 11 is 0. The van der Waals surface area contributed by atoms with E-state index in [1.54, 1.807) is 0 Å². The van der Waals surface area contributed by atoms with Crippen molar-refractivity contribution in [1.29, 1.82) is 0 Å². The Hall–Kier alpha value is -3.06. The molecule has 1 atom stereocenters. The minimum Gasteiger partial charge on any atom is -0.491 e. The van der Waals surface area contributed by atoms with E-state index in [0.717, 1.165) is 35.3 Å². The van der Waals surface area contributed by atoms with E-state index in [9.17, 15) is 9.90 Å². The van der Waals surface area contributed by atoms with Crippen molar-refractivity contribution in [2.75, 3.05) is 6.61 Å². The van der Waals surface area contributed by atoms with Crippen LogP contribution < -0.4 is 4.74 Å². The van der Waals surface area contributed by atoms with Crippen molar-refractivity contribution in [1.82, 2.24) is 20.6 Å². The number of hydrogen-bond donors (Lipinski definition) is 2. The zero-order valence-electron chi connectivity index (χ0n) is 21.3. The lowest BCUT2D eigenvalue weighted by molar-refractivity contribution is 0.0216. The maximum Gasteiger partial charge on any atom is 0.245 e. The van der Waals surface area contributed by atoms with Gasteiger partial charge in [-0.25, -0.2) is 0 Å². The molecule has 1 unspecified atom stereocenters. The Kier molecular flexibility index (Phi) is 7.56. The van der Waals surface area contributed by atoms with Gasteiger partial charge in [0.2, 0.25) is 11.6 Å². The Morgan fingerprint density at radius 2 is 1.65 bits per heavy atom. The summed E-state index contributed by atoms with van der Waals surface area (Å²) < 4.78 is 5.96. The van der Waals surface area contributed by atoms with E-state index in [1.165, 1.54) is 5.56 Å². The summed E-state index contributed by atoms with van der Waals surface area (Å²) in [5, 5.41) is 23.8. The molecule has 182 valence electrons. The van der Waals surface area contributed by atoms with Gasteiger partial charge in [-0.1, -0.05) is 65.0 Å². The highest BCUT2D eigenvalue weighted by Gasteiger charge is 2.32. The second-order valence-electron chi connectivity index (χ2n) is 10.1. The van der Waals surface area contributed by atoms with E-state index >= 15 is 0 Å². The number of aliphatic hydroxyl groups excluding tert-OH is 1. The monoisotopic (exact) mass is 464 g/mol. The number of rotatable bonds is 9. The van der Waals surface area contributed by atoms with Crippen molar-refractivity contribution >= 4 is 5.78 Å². The predicted octanol–water partition coefficient (Wildman–Crippen LogP) is 4.94. The van der Waals surface area contributed by atoms with Gasteiger partial charge in [0.15, 0.2) is 0 Å². The lowest BCUT2D eigenvalue weighted by atomic mass is 9.69. The van der Waals surface area contributed by atoms with Gasteiger partial charge < -0.3 is 9.84 Å². The largest absolute Gasteiger partial charge is 0.491 e. The van der Waals surface area contributed by atoms with Crippen molar-refractivity contribution in [2.24, 2.45) is 5.41 Å². The number of H-pyrrole nitrogens is 1. The number of carbonyl (C=O) groups is 1. The Labute approximate surface area is 201 Å². The second-order valence-corrected chi connectivity index (χ2v) is 10.1. The smallest absolute Gasteiger partial charge is 0.245 e. The van der Waals surface area contributed by atoms with Crippen LogP contribution >= 0.6 is 0 Å². The van der Waals surface area contributed by atoms with Crippen LogP contribution in [0.2, 0.25) is 0 Å². The quantitative estimate of drug-likeness (QED) is 0.435. The summed E-state index contributed by atoms with van der Waals surface area (Å²) in [5.74, 6) is 0.604. The SMILES string of the molecule is CCC(CC)(c1ccc(OCC(O)C(C)(C)C)c(C)c1)c1ccc(C(=O)c2nn[nH]n2)c(C)c1. The molecule has 0 aliphatic heterocycles. The molecular weight excluding hydrogens is 428 g/mol. The van der Waals surface area contributed by atoms with Crippen LogP contribution in [0.15, 0.2) is 36.4 Å². The normalized spacial score (nSPS) is 13.1. The molecule has 0 saturated heterocycles. The van der Waals surface area contributed by atoms with Gasteiger partial charge in [0.1, 0.15) is 12.4 Å². The van der Waals surface area contributed by atoms with Crippen molar-refractivity contribution in [3.8, 4) is 5.75 Å². The Morgan fingerprint density at radius 1 is 1.03 bits per heavy atom. The summed E-state index contributed by atoms with van der Waals surface area (Å²) in [4.78, 5) is 12.7. The first-order valence-electron chi connectivity index (χ1n) is 11.8. The molecular formula is C27H36N4O3. The average Bonchev–Trinajstić information content (AvgIpc) is 3.33. The van der Waals surface area contributed by atoms with Crippen LogP contribution in [0.3, 0.4) is 0 Å². The Balaban J connectivity index is 1.92. The third-order valence-corrected chi connectivity index (χ3v) is 6.90. The lowest BCUT2D eigenvalue weighted by Crippen LogP contribution is -2.32. The van der Waals surface area contributed by atoms with Gasteiger partial charge in [-0.2, -0.15) is 5.21 Å². The molecule has 1 aromatic heterocycles. The summed E-state index contributed by atoms with van der Waals surface area (Å²) in [6, 6.07) is 12.3. The molecule has 7 heteroatoms. The molecule has 2 aromatic carbocycles. The van der Waals surface area contributed by atoms with Crippen LogP contribution in [-0.2, 0) is 5.41 Å². The number of aliphatic hydroxyl groups is 1. The maximum atomic E-state index is 12.7. The lowest BCUT2D eigenvalue weighted by Gasteiger charge is -2.34. The first-order chi connectivity index (χ1) is 16.0. The van der Waals surface area contributed by atoms with Crippen LogP contribution in [0.4, 0.5) is 0 Å². The molecule has 0 amide bonds. The van der Waals surface area contributed by atoms with Crippen LogP contribution in [0.1, 0.15) is 85.9 Å². The second kappa shape index (κ2) is 10.1. The van der Waals surface area contributed by atoms with Gasteiger partial charge in [0, 0.05) is 11.0 Å². The third kappa shape index (κ3) is 5.04. The molecule has 0 aliphatic rings. The van der Waals surface area contributed by atoms with Crippen LogP contribution in [-0.4, -0.2) is 44.2 Å². The van der Waals surface area contributed by atoms with E-state index in [2.05, 4.69) is 52.7 Å². The van der Waals surface area contributed by atoms with Gasteiger partial charge >= 0.3 is 0 Å². The zero-order valence-corrected chi connectivity index (χ0v) is 21.3. The summed E-state index contributed by atoms with van der Waals surface area (Å²) in [5.41, 5.74) is 4.42. The van der Waals surface area contributed by atoms with Crippen molar-refractivity contribution in [3.05, 3.63) is 70.0 Å². The van der Waals surface area contributed by atoms with Gasteiger partial charge in [0.25, 0.3) is 0 Å². The Bertz CT molecular complexity index is 1130. The van der Waals surface area contributed by atoms with Crippen LogP contribution in [0, 0.1) is 19.3 Å². The number of ether oxygens (including phenoxy) is 1. The number of benzene rings is 2. The number of aryl methyl sites for hydroxylation is 2. The number of tetrazole rings is 1. The number of nitrogens with zero attached hydrogens (tertiary/aromatic N) is 3. The van der Waals surface area contributed by atoms with Crippen molar-refractivity contribution in [2.45, 2.75) is 72.8 Å². The number of aromatic amines is 1. The van der Waals surface area contributed by atoms with E-state index < -0.39 is 6.10 Å². The first kappa shape index (κ1) is 25.6. The standard InChI is InChI=1S/C27H36N4O3/c1-8-27(9-2,19-10-12-21(17(3)14-19)24(33)25-28-30-31-29-25)20-11-13-22(18(4)15-20)34-16-23(32)26(5,6)7/h10-15,23,32H,8-9,16H2,1-7H3,(H,28,29,30,31). The van der Waals surface area contributed by atoms with E-state index in [1.807, 2.05) is 52.8 Å². The van der Waals surface area contributed by atoms with Crippen LogP contribution in [0.25, 0.3) is 0 Å². The highest BCUT2D eigenvalue weighted by molar-refractivity contribution is 6.07. The van der Waals surface area contributed by atoms with Crippen molar-refractivity contribution < 1.29 is 14.6 Å². The number of aromatic nitrogens is 4. The van der Waals surface area contributed by atoms with Crippen LogP contribution in [0.5, 0.6) is 5.75 Å². The molecule has 3 aromatic rings. The number of hydrogen-bond acceptors (Lipinski definition) is 6. The molecule has 0 fully saturated rings. The molecule has 0 saturated carbocycles. The molecule has 1 heterocycles. The third-order valence-electron chi connectivity index (χ3n) is 6.90. The van der Waals surface area contributed by atoms with E-state index in [4.69, 9.17) is 4.74 Å². The molecule has 0 spiro atoms. The number of nitrogens with one attached hydrogen (secondary N) is 1. The maximum absolute atomic E-state index is 12.7. The molecule has 34 heavy (non-hydrogen) atoms. The molecule has 0 bridgehead atoms. The summed E-state index contributed by atoms with van der Waals surface area (Å²) in [7, 11) is 0. The molecule has 3 rings (SSSR count). The average molecular weight is 465 g/mol. The number of carbonyl (C=O) groups excluding carboxylic acids is 1. The summed E-state index contributed by atoms with van der Waals surface area (Å²) in [6.45, 7) is 14.6. The highest BCUT2D eigenvalue weighted by atomic mass is 16.5. The molecule has 7 nitrogen and oxygen atoms in total. The molecule has 0 radical (unpaired) electrons. The highest BCUT2D eigenvalue weighted by Crippen LogP contribution is 2.41. The van der Waals surface area contributed by atoms with E-state index in [-0.39, 0.29) is 29.0 Å². The number of ketones is 1. The predicted molar refractivity (Wildman–Crippen MR) is 132 cm³/mol. The topological polar surface area (TPSA) is 101 Å². The first-order valence-corrected chi connectivity index (χ1v) is 11.8. The van der Waals surface area contributed by atoms with Gasteiger partial charge in [-0.15, -0.1) is 10.2 Å². The zero-order chi connectivity index (χ0) is 25.1. The van der Waals surface area contributed by atoms with E-state index in [0.29, 0.717) is 5.56 Å². The minimum atomic E-state index is -0.548. The van der Waals surface area contributed by atoms with Gasteiger partial charge in [-0.3, -0.25) is 4.79 Å². The molecule has 0 aliphatic carbocycles. The fourth-order valence-corrected chi connectivity index (χ4v) is 4.36. The molecule has 2 N–H and O–H groups in total. The van der Waals surface area contributed by atoms with Gasteiger partial charge in [-0.05, 0) is 65.6 Å².